The topological polar surface area (TPSA) is 131 Å². The van der Waals surface area contributed by atoms with Gasteiger partial charge in [-0.3, -0.25) is 19.2 Å². The lowest BCUT2D eigenvalue weighted by molar-refractivity contribution is -0.150. The van der Waals surface area contributed by atoms with Gasteiger partial charge >= 0.3 is 5.97 Å². The van der Waals surface area contributed by atoms with E-state index in [0.29, 0.717) is 12.1 Å². The van der Waals surface area contributed by atoms with Gasteiger partial charge in [-0.25, -0.2) is 4.39 Å². The van der Waals surface area contributed by atoms with Gasteiger partial charge in [0.25, 0.3) is 5.91 Å². The molecule has 33 heavy (non-hydrogen) atoms. The first-order chi connectivity index (χ1) is 15.4. The van der Waals surface area contributed by atoms with Gasteiger partial charge in [-0.15, -0.1) is 0 Å². The molecule has 0 aliphatic rings. The Bertz CT molecular complexity index is 1060. The maximum absolute atomic E-state index is 13.4. The van der Waals surface area contributed by atoms with E-state index in [0.717, 1.165) is 16.5 Å². The summed E-state index contributed by atoms with van der Waals surface area (Å²) in [4.78, 5) is 50.0. The van der Waals surface area contributed by atoms with Crippen molar-refractivity contribution in [1.82, 2.24) is 9.88 Å². The zero-order valence-electron chi connectivity index (χ0n) is 19.6. The summed E-state index contributed by atoms with van der Waals surface area (Å²) in [5, 5.41) is 13.1. The summed E-state index contributed by atoms with van der Waals surface area (Å²) in [6.45, 7) is 5.86. The largest absolute Gasteiger partial charge is 0.481 e. The van der Waals surface area contributed by atoms with E-state index in [4.69, 9.17) is 5.73 Å². The highest BCUT2D eigenvalue weighted by Crippen LogP contribution is 2.28. The lowest BCUT2D eigenvalue weighted by Crippen LogP contribution is -2.55. The fourth-order valence-corrected chi connectivity index (χ4v) is 4.07. The number of ketones is 2. The molecule has 0 radical (unpaired) electrons. The molecule has 0 fully saturated rings. The van der Waals surface area contributed by atoms with Crippen LogP contribution in [0.2, 0.25) is 0 Å². The number of rotatable bonds is 11. The van der Waals surface area contributed by atoms with Crippen LogP contribution in [-0.2, 0) is 27.9 Å². The van der Waals surface area contributed by atoms with E-state index in [1.54, 1.807) is 25.5 Å². The number of aromatic nitrogens is 1. The Morgan fingerprint density at radius 3 is 2.24 bits per heavy atom. The number of hydrogen-bond donors (Lipinski definition) is 3. The highest BCUT2D eigenvalue weighted by Gasteiger charge is 2.42. The molecule has 9 heteroatoms. The number of amides is 1. The first kappa shape index (κ1) is 26.2. The fraction of sp³-hybridized carbons (Fsp3) is 0.500. The van der Waals surface area contributed by atoms with Gasteiger partial charge in [-0.2, -0.15) is 0 Å². The van der Waals surface area contributed by atoms with Gasteiger partial charge in [-0.05, 0) is 29.9 Å². The first-order valence-electron chi connectivity index (χ1n) is 10.9. The van der Waals surface area contributed by atoms with Crippen LogP contribution in [0, 0.1) is 17.8 Å². The molecule has 180 valence electrons. The molecule has 4 N–H and O–H groups in total. The molecule has 0 saturated heterocycles. The van der Waals surface area contributed by atoms with Crippen molar-refractivity contribution in [1.29, 1.82) is 0 Å². The van der Waals surface area contributed by atoms with Crippen LogP contribution in [0.15, 0.2) is 24.3 Å². The number of nitrogens with one attached hydrogen (secondary N) is 1. The third-order valence-corrected chi connectivity index (χ3v) is 5.73. The molecule has 2 rings (SSSR count). The summed E-state index contributed by atoms with van der Waals surface area (Å²) in [5.74, 6) is -6.51. The molecule has 0 spiro atoms. The molecular formula is C24H32FN3O5. The van der Waals surface area contributed by atoms with Gasteiger partial charge in [0.15, 0.2) is 11.6 Å². The normalized spacial score (nSPS) is 14.3. The number of carboxylic acids is 1. The van der Waals surface area contributed by atoms with Crippen LogP contribution in [0.4, 0.5) is 4.39 Å². The number of nitrogens with zero attached hydrogens (tertiary/aromatic N) is 1. The van der Waals surface area contributed by atoms with E-state index >= 15 is 0 Å². The van der Waals surface area contributed by atoms with Crippen LogP contribution < -0.4 is 11.1 Å². The molecule has 2 aromatic rings. The van der Waals surface area contributed by atoms with Gasteiger partial charge in [0, 0.05) is 18.0 Å². The zero-order valence-corrected chi connectivity index (χ0v) is 19.6. The minimum atomic E-state index is -1.97. The second kappa shape index (κ2) is 10.7. The van der Waals surface area contributed by atoms with Crippen LogP contribution >= 0.6 is 0 Å². The number of aryl methyl sites for hydroxylation is 1. The number of aliphatic carboxylic acids is 1. The van der Waals surface area contributed by atoms with Crippen LogP contribution in [0.3, 0.4) is 0 Å². The van der Waals surface area contributed by atoms with Crippen molar-refractivity contribution in [2.45, 2.75) is 46.2 Å². The third-order valence-electron chi connectivity index (χ3n) is 5.73. The number of halogens is 1. The number of carbonyl (C=O) groups excluding carboxylic acids is 3. The van der Waals surface area contributed by atoms with Crippen LogP contribution in [0.25, 0.3) is 10.9 Å². The van der Waals surface area contributed by atoms with E-state index in [1.807, 2.05) is 38.1 Å². The van der Waals surface area contributed by atoms with Crippen LogP contribution in [-0.4, -0.2) is 51.9 Å². The maximum Gasteiger partial charge on any atom is 0.316 e. The van der Waals surface area contributed by atoms with Crippen molar-refractivity contribution < 1.29 is 28.7 Å². The SMILES string of the molecule is CC(C)Cc1c(C(=O)N[C@H](C(=O)C(C(=O)O)C(N)C(=O)CF)C(C)C)n(C)c2ccccc12. The van der Waals surface area contributed by atoms with Crippen LogP contribution in [0.1, 0.15) is 43.7 Å². The molecule has 0 bridgehead atoms. The highest BCUT2D eigenvalue weighted by atomic mass is 19.1. The Kier molecular flexibility index (Phi) is 8.49. The average molecular weight is 462 g/mol. The van der Waals surface area contributed by atoms with Gasteiger partial charge in [0.1, 0.15) is 18.3 Å². The molecule has 0 saturated carbocycles. The number of nitrogens with two attached hydrogens (primary N) is 1. The maximum atomic E-state index is 13.4. The molecule has 0 aliphatic carbocycles. The summed E-state index contributed by atoms with van der Waals surface area (Å²) in [6.07, 6.45) is 0.623. The minimum absolute atomic E-state index is 0.256. The number of carbonyl (C=O) groups is 4. The third kappa shape index (κ3) is 5.47. The predicted octanol–water partition coefficient (Wildman–Crippen LogP) is 2.27. The number of alkyl halides is 1. The fourth-order valence-electron chi connectivity index (χ4n) is 4.07. The molecule has 1 aromatic heterocycles. The van der Waals surface area contributed by atoms with E-state index in [-0.39, 0.29) is 5.92 Å². The smallest absolute Gasteiger partial charge is 0.316 e. The summed E-state index contributed by atoms with van der Waals surface area (Å²) in [5.41, 5.74) is 7.65. The van der Waals surface area contributed by atoms with E-state index < -0.39 is 54.0 Å². The number of carboxylic acid groups (broad SMARTS) is 1. The summed E-state index contributed by atoms with van der Waals surface area (Å²) >= 11 is 0. The van der Waals surface area contributed by atoms with Crippen molar-refractivity contribution in [2.24, 2.45) is 30.5 Å². The Hall–Kier alpha value is -3.07. The zero-order chi connectivity index (χ0) is 25.0. The standard InChI is InChI=1S/C24H32FN3O5/c1-12(2)10-15-14-8-6-7-9-16(14)28(5)21(15)23(31)27-20(13(3)4)22(30)18(24(32)33)19(26)17(29)11-25/h6-9,12-13,18-20H,10-11,26H2,1-5H3,(H,27,31)(H,32,33)/t18?,19?,20-/m0/s1. The number of fused-ring (bicyclic) bond motifs is 1. The van der Waals surface area contributed by atoms with Crippen molar-refractivity contribution >= 4 is 34.3 Å². The van der Waals surface area contributed by atoms with Gasteiger partial charge in [0.2, 0.25) is 0 Å². The Balaban J connectivity index is 2.48. The lowest BCUT2D eigenvalue weighted by Gasteiger charge is -2.26. The van der Waals surface area contributed by atoms with Crippen LogP contribution in [0.5, 0.6) is 0 Å². The van der Waals surface area contributed by atoms with Crippen molar-refractivity contribution in [3.63, 3.8) is 0 Å². The molecule has 8 nitrogen and oxygen atoms in total. The molecule has 3 atom stereocenters. The quantitative estimate of drug-likeness (QED) is 0.440. The number of para-hydroxylation sites is 1. The van der Waals surface area contributed by atoms with Gasteiger partial charge in [-0.1, -0.05) is 45.9 Å². The predicted molar refractivity (Wildman–Crippen MR) is 123 cm³/mol. The van der Waals surface area contributed by atoms with Gasteiger partial charge < -0.3 is 20.7 Å². The number of benzene rings is 1. The average Bonchev–Trinajstić information content (AvgIpc) is 3.02. The summed E-state index contributed by atoms with van der Waals surface area (Å²) in [7, 11) is 1.75. The molecule has 2 unspecified atom stereocenters. The second-order valence-corrected chi connectivity index (χ2v) is 9.04. The molecule has 1 heterocycles. The van der Waals surface area contributed by atoms with Crippen molar-refractivity contribution in [3.05, 3.63) is 35.5 Å². The second-order valence-electron chi connectivity index (χ2n) is 9.04. The Morgan fingerprint density at radius 1 is 1.12 bits per heavy atom. The highest BCUT2D eigenvalue weighted by molar-refractivity contribution is 6.09. The minimum Gasteiger partial charge on any atom is -0.481 e. The lowest BCUT2D eigenvalue weighted by atomic mass is 9.85. The molecule has 1 amide bonds. The molecule has 0 aliphatic heterocycles. The Morgan fingerprint density at radius 2 is 1.73 bits per heavy atom. The first-order valence-corrected chi connectivity index (χ1v) is 10.9. The number of hydrogen-bond acceptors (Lipinski definition) is 5. The summed E-state index contributed by atoms with van der Waals surface area (Å²) < 4.78 is 14.6. The van der Waals surface area contributed by atoms with E-state index in [2.05, 4.69) is 5.32 Å². The van der Waals surface area contributed by atoms with Crippen molar-refractivity contribution in [2.75, 3.05) is 6.67 Å². The Labute approximate surface area is 192 Å². The van der Waals surface area contributed by atoms with Gasteiger partial charge in [0.05, 0.1) is 12.1 Å². The monoisotopic (exact) mass is 461 g/mol. The summed E-state index contributed by atoms with van der Waals surface area (Å²) in [6, 6.07) is 4.49. The molecule has 1 aromatic carbocycles. The van der Waals surface area contributed by atoms with E-state index in [9.17, 15) is 28.7 Å². The number of Topliss-reactive ketones (excluding diaryl/α,β-unsaturated/α-hetero) is 2. The van der Waals surface area contributed by atoms with Crippen molar-refractivity contribution in [3.8, 4) is 0 Å². The van der Waals surface area contributed by atoms with E-state index in [1.165, 1.54) is 0 Å². The molecular weight excluding hydrogens is 429 g/mol.